The molecule has 0 fully saturated rings. The van der Waals surface area contributed by atoms with Crippen LogP contribution in [-0.2, 0) is 32.3 Å². The van der Waals surface area contributed by atoms with Gasteiger partial charge in [-0.15, -0.1) is 0 Å². The van der Waals surface area contributed by atoms with Gasteiger partial charge in [-0.25, -0.2) is 0 Å². The summed E-state index contributed by atoms with van der Waals surface area (Å²) in [5.41, 5.74) is 2.90. The van der Waals surface area contributed by atoms with Crippen molar-refractivity contribution in [3.63, 3.8) is 0 Å². The zero-order chi connectivity index (χ0) is 59.1. The molecule has 7 rings (SSSR count). The lowest BCUT2D eigenvalue weighted by atomic mass is 9.91. The van der Waals surface area contributed by atoms with Crippen LogP contribution >= 0.6 is 0 Å². The largest absolute Gasteiger partial charge is 0.356 e. The Hall–Kier alpha value is -7.74. The SMILES string of the molecule is O=C(CCC(=O)NCC(c1ccccc1)c1ccccc1)NCCCCCCCCCCCCn1c(=O)c2cc3c(=O)n(CCCCCCCCCCCCNC(=O)CCC(=O)NCC(c4ccccc4)c4ccccc4)c(=O)c3cc2c1=O. The van der Waals surface area contributed by atoms with Gasteiger partial charge in [-0.05, 0) is 60.1 Å². The third-order valence-corrected chi connectivity index (χ3v) is 16.3. The average molecular weight is 1140 g/mol. The van der Waals surface area contributed by atoms with Gasteiger partial charge in [-0.1, -0.05) is 224 Å². The number of fused-ring (bicyclic) bond motifs is 2. The fourth-order valence-corrected chi connectivity index (χ4v) is 11.4. The predicted molar refractivity (Wildman–Crippen MR) is 337 cm³/mol. The molecule has 4 amide bonds. The molecule has 14 heteroatoms. The van der Waals surface area contributed by atoms with Crippen molar-refractivity contribution in [2.24, 2.45) is 0 Å². The Morgan fingerprint density at radius 1 is 0.298 bits per heavy atom. The molecule has 14 nitrogen and oxygen atoms in total. The molecule has 0 aliphatic carbocycles. The molecule has 4 N–H and O–H groups in total. The van der Waals surface area contributed by atoms with Gasteiger partial charge in [-0.3, -0.25) is 47.5 Å². The number of carbonyl (C=O) groups is 4. The van der Waals surface area contributed by atoms with E-state index in [0.29, 0.717) is 52.1 Å². The van der Waals surface area contributed by atoms with Crippen LogP contribution in [0.1, 0.15) is 188 Å². The van der Waals surface area contributed by atoms with Gasteiger partial charge in [0.05, 0.1) is 21.5 Å². The van der Waals surface area contributed by atoms with Crippen molar-refractivity contribution in [1.82, 2.24) is 30.4 Å². The van der Waals surface area contributed by atoms with Gasteiger partial charge < -0.3 is 21.3 Å². The highest BCUT2D eigenvalue weighted by Crippen LogP contribution is 2.25. The van der Waals surface area contributed by atoms with Gasteiger partial charge in [-0.2, -0.15) is 0 Å². The first-order valence-electron chi connectivity index (χ1n) is 31.3. The zero-order valence-corrected chi connectivity index (χ0v) is 49.2. The summed E-state index contributed by atoms with van der Waals surface area (Å²) in [5, 5.41) is 12.8. The highest BCUT2D eigenvalue weighted by molar-refractivity contribution is 5.98. The molecule has 0 radical (unpaired) electrons. The molecular weight excluding hydrogens is 1050 g/mol. The van der Waals surface area contributed by atoms with Crippen molar-refractivity contribution in [3.8, 4) is 0 Å². The highest BCUT2D eigenvalue weighted by atomic mass is 16.2. The molecule has 0 atom stereocenters. The summed E-state index contributed by atoms with van der Waals surface area (Å²) < 4.78 is 2.51. The minimum Gasteiger partial charge on any atom is -0.356 e. The first-order chi connectivity index (χ1) is 41.1. The average Bonchev–Trinajstić information content (AvgIpc) is 2.75. The lowest BCUT2D eigenvalue weighted by Crippen LogP contribution is -2.31. The minimum atomic E-state index is -0.405. The fraction of sp³-hybridized carbons (Fsp3) is 0.457. The van der Waals surface area contributed by atoms with Crippen molar-refractivity contribution < 1.29 is 19.2 Å². The Kier molecular flexibility index (Phi) is 26.9. The quantitative estimate of drug-likeness (QED) is 0.0272. The second kappa shape index (κ2) is 35.4. The van der Waals surface area contributed by atoms with E-state index in [1.807, 2.05) is 72.8 Å². The van der Waals surface area contributed by atoms with Crippen molar-refractivity contribution in [2.75, 3.05) is 26.2 Å². The standard InChI is InChI=1S/C70H88N6O8/c77-63(41-43-65(79)73-51-61(53-33-21-17-22-34-53)54-35-23-18-24-36-54)71-45-29-13-9-5-1-3-7-11-15-31-47-75-67(81)57-49-59-60(50-58(57)68(75)82)70(84)76(69(59)83)48-32-16-12-8-4-2-6-10-14-30-46-72-64(78)42-44-66(80)74-52-62(55-37-25-19-26-38-55)56-39-27-20-28-40-56/h17-28,33-40,49-50,61-62H,1-16,29-32,41-48,51-52H2,(H,71,77)(H,72,78)(H,73,79)(H,74,80). The van der Waals surface area contributed by atoms with Crippen LogP contribution in [0.3, 0.4) is 0 Å². The minimum absolute atomic E-state index is 0.0361. The Bertz CT molecular complexity index is 2960. The van der Waals surface area contributed by atoms with Crippen molar-refractivity contribution >= 4 is 45.2 Å². The first-order valence-corrected chi connectivity index (χ1v) is 31.3. The third kappa shape index (κ3) is 20.3. The molecule has 0 saturated heterocycles. The van der Waals surface area contributed by atoms with Crippen molar-refractivity contribution in [2.45, 2.75) is 179 Å². The van der Waals surface area contributed by atoms with Gasteiger partial charge in [0.2, 0.25) is 23.6 Å². The zero-order valence-electron chi connectivity index (χ0n) is 49.2. The first kappa shape index (κ1) is 63.8. The summed E-state index contributed by atoms with van der Waals surface area (Å²) in [4.78, 5) is 104. The smallest absolute Gasteiger partial charge is 0.261 e. The Morgan fingerprint density at radius 2 is 0.524 bits per heavy atom. The number of unbranched alkanes of at least 4 members (excludes halogenated alkanes) is 18. The summed E-state index contributed by atoms with van der Waals surface area (Å²) in [5.74, 6) is -0.397. The fourth-order valence-electron chi connectivity index (χ4n) is 11.4. The molecule has 446 valence electrons. The van der Waals surface area contributed by atoms with Crippen LogP contribution in [0.5, 0.6) is 0 Å². The molecule has 84 heavy (non-hydrogen) atoms. The van der Waals surface area contributed by atoms with Crippen molar-refractivity contribution in [3.05, 3.63) is 197 Å². The molecule has 0 aliphatic heterocycles. The van der Waals surface area contributed by atoms with E-state index in [4.69, 9.17) is 0 Å². The van der Waals surface area contributed by atoms with E-state index >= 15 is 0 Å². The van der Waals surface area contributed by atoms with E-state index in [-0.39, 0.29) is 82.7 Å². The van der Waals surface area contributed by atoms with E-state index in [2.05, 4.69) is 69.8 Å². The second-order valence-electron chi connectivity index (χ2n) is 22.6. The van der Waals surface area contributed by atoms with Crippen LogP contribution in [0.2, 0.25) is 0 Å². The van der Waals surface area contributed by atoms with Crippen LogP contribution in [0.25, 0.3) is 21.5 Å². The lowest BCUT2D eigenvalue weighted by molar-refractivity contribution is -0.126. The van der Waals surface area contributed by atoms with E-state index < -0.39 is 22.2 Å². The number of nitrogens with one attached hydrogen (secondary N) is 4. The Balaban J connectivity index is 0.666. The molecular formula is C70H88N6O8. The number of aromatic nitrogens is 2. The summed E-state index contributed by atoms with van der Waals surface area (Å²) >= 11 is 0. The molecule has 7 aromatic rings. The maximum absolute atomic E-state index is 13.4. The predicted octanol–water partition coefficient (Wildman–Crippen LogP) is 11.4. The normalized spacial score (nSPS) is 11.5. The summed E-state index contributed by atoms with van der Waals surface area (Å²) in [7, 11) is 0. The Labute approximate surface area is 494 Å². The van der Waals surface area contributed by atoms with Gasteiger partial charge in [0.1, 0.15) is 0 Å². The van der Waals surface area contributed by atoms with Gasteiger partial charge >= 0.3 is 0 Å². The number of benzene rings is 5. The molecule has 0 saturated carbocycles. The second-order valence-corrected chi connectivity index (χ2v) is 22.6. The summed E-state index contributed by atoms with van der Waals surface area (Å²) in [6.45, 7) is 2.75. The topological polar surface area (TPSA) is 195 Å². The molecule has 0 bridgehead atoms. The molecule has 0 unspecified atom stereocenters. The lowest BCUT2D eigenvalue weighted by Gasteiger charge is -2.19. The monoisotopic (exact) mass is 1140 g/mol. The van der Waals surface area contributed by atoms with Gasteiger partial charge in [0, 0.05) is 76.8 Å². The van der Waals surface area contributed by atoms with Crippen LogP contribution in [-0.4, -0.2) is 58.9 Å². The van der Waals surface area contributed by atoms with Gasteiger partial charge in [0.25, 0.3) is 22.2 Å². The molecule has 2 heterocycles. The number of rotatable bonds is 40. The van der Waals surface area contributed by atoms with Gasteiger partial charge in [0.15, 0.2) is 0 Å². The number of hydrogen-bond donors (Lipinski definition) is 4. The summed E-state index contributed by atoms with van der Waals surface area (Å²) in [6, 6.07) is 43.4. The number of carbonyl (C=O) groups excluding carboxylic acids is 4. The third-order valence-electron chi connectivity index (χ3n) is 16.3. The summed E-state index contributed by atoms with van der Waals surface area (Å²) in [6.07, 6.45) is 20.8. The van der Waals surface area contributed by atoms with Crippen molar-refractivity contribution in [1.29, 1.82) is 0 Å². The van der Waals surface area contributed by atoms with Crippen LogP contribution < -0.4 is 43.5 Å². The molecule has 2 aromatic heterocycles. The Morgan fingerprint density at radius 3 is 0.786 bits per heavy atom. The van der Waals surface area contributed by atoms with Crippen LogP contribution in [0.4, 0.5) is 0 Å². The van der Waals surface area contributed by atoms with Crippen LogP contribution in [0, 0.1) is 0 Å². The maximum atomic E-state index is 13.4. The molecule has 5 aromatic carbocycles. The highest BCUT2D eigenvalue weighted by Gasteiger charge is 2.21. The number of hydrogen-bond acceptors (Lipinski definition) is 8. The molecule has 0 spiro atoms. The maximum Gasteiger partial charge on any atom is 0.261 e. The van der Waals surface area contributed by atoms with Crippen LogP contribution in [0.15, 0.2) is 153 Å². The van der Waals surface area contributed by atoms with E-state index in [9.17, 15) is 38.4 Å². The van der Waals surface area contributed by atoms with E-state index in [1.54, 1.807) is 0 Å². The van der Waals surface area contributed by atoms with E-state index in [1.165, 1.54) is 21.3 Å². The number of amides is 4. The number of nitrogens with zero attached hydrogens (tertiary/aromatic N) is 2. The van der Waals surface area contributed by atoms with E-state index in [0.717, 1.165) is 138 Å². The molecule has 0 aliphatic rings.